The highest BCUT2D eigenvalue weighted by Crippen LogP contribution is 2.36. The molecule has 2 heterocycles. The molecule has 0 fully saturated rings. The fraction of sp³-hybridized carbons (Fsp3) is 0.0952. The summed E-state index contributed by atoms with van der Waals surface area (Å²) in [5.74, 6) is 0.0262. The van der Waals surface area contributed by atoms with Crippen molar-refractivity contribution in [3.05, 3.63) is 80.2 Å². The van der Waals surface area contributed by atoms with Gasteiger partial charge in [0.15, 0.2) is 11.6 Å². The fourth-order valence-corrected chi connectivity index (χ4v) is 4.03. The molecule has 0 amide bonds. The van der Waals surface area contributed by atoms with Crippen molar-refractivity contribution in [3.63, 3.8) is 0 Å². The highest BCUT2D eigenvalue weighted by atomic mass is 35.5. The first kappa shape index (κ1) is 20.4. The van der Waals surface area contributed by atoms with E-state index in [2.05, 4.69) is 10.2 Å². The van der Waals surface area contributed by atoms with Crippen LogP contribution in [0.2, 0.25) is 10.0 Å². The Morgan fingerprint density at radius 2 is 2.03 bits per heavy atom. The molecule has 0 atom stereocenters. The van der Waals surface area contributed by atoms with E-state index in [1.165, 1.54) is 41.7 Å². The van der Waals surface area contributed by atoms with Crippen molar-refractivity contribution in [2.45, 2.75) is 13.3 Å². The van der Waals surface area contributed by atoms with Crippen molar-refractivity contribution in [2.75, 3.05) is 0 Å². The number of rotatable bonds is 5. The number of halogens is 3. The summed E-state index contributed by atoms with van der Waals surface area (Å²) in [7, 11) is 0. The Morgan fingerprint density at radius 1 is 1.20 bits per heavy atom. The van der Waals surface area contributed by atoms with E-state index in [-0.39, 0.29) is 40.0 Å². The number of ether oxygens (including phenoxy) is 1. The van der Waals surface area contributed by atoms with Gasteiger partial charge in [-0.1, -0.05) is 29.3 Å². The molecule has 0 aliphatic rings. The fourth-order valence-electron chi connectivity index (χ4n) is 2.78. The molecule has 0 aliphatic carbocycles. The Labute approximate surface area is 185 Å². The van der Waals surface area contributed by atoms with Crippen LogP contribution in [0.4, 0.5) is 4.39 Å². The van der Waals surface area contributed by atoms with Crippen LogP contribution in [0, 0.1) is 24.1 Å². The summed E-state index contributed by atoms with van der Waals surface area (Å²) in [6.45, 7) is 1.95. The molecular weight excluding hydrogens is 448 g/mol. The quantitative estimate of drug-likeness (QED) is 0.327. The minimum atomic E-state index is -0.659. The number of aryl methyl sites for hydroxylation is 1. The van der Waals surface area contributed by atoms with Gasteiger partial charge in [-0.25, -0.2) is 4.39 Å². The number of nitrogens with zero attached hydrogens (tertiary/aromatic N) is 3. The summed E-state index contributed by atoms with van der Waals surface area (Å²) < 4.78 is 26.4. The molecule has 0 saturated heterocycles. The van der Waals surface area contributed by atoms with Crippen LogP contribution in [0.1, 0.15) is 22.6 Å². The number of thiophene rings is 1. The molecule has 2 aromatic heterocycles. The summed E-state index contributed by atoms with van der Waals surface area (Å²) in [5.41, 5.74) is 1.59. The van der Waals surface area contributed by atoms with E-state index in [1.54, 1.807) is 0 Å². The van der Waals surface area contributed by atoms with Gasteiger partial charge in [-0.3, -0.25) is 0 Å². The number of hydrogen-bond acceptors (Lipinski definition) is 6. The maximum Gasteiger partial charge on any atom is 0.258 e. The third-order valence-electron chi connectivity index (χ3n) is 4.21. The molecular formula is C21H12Cl2FN3O2S. The lowest BCUT2D eigenvalue weighted by Crippen LogP contribution is -1.98. The van der Waals surface area contributed by atoms with Gasteiger partial charge in [0.2, 0.25) is 5.89 Å². The van der Waals surface area contributed by atoms with Gasteiger partial charge < -0.3 is 9.15 Å². The van der Waals surface area contributed by atoms with Crippen LogP contribution in [0.3, 0.4) is 0 Å². The van der Waals surface area contributed by atoms with Gasteiger partial charge in [-0.15, -0.1) is 21.5 Å². The molecule has 2 aromatic carbocycles. The average Bonchev–Trinajstić information content (AvgIpc) is 3.35. The van der Waals surface area contributed by atoms with Gasteiger partial charge in [-0.05, 0) is 48.2 Å². The Hall–Kier alpha value is -2.92. The standard InChI is InChI=1S/C21H12Cl2FN3O2S/c1-11-4-5-30-20(11)21-27-26-17(29-21)8-13-2-3-16(23)19(18(13)24)28-15-7-12(10-25)6-14(22)9-15/h2-7,9H,8H2,1H3. The van der Waals surface area contributed by atoms with Crippen molar-refractivity contribution in [2.24, 2.45) is 0 Å². The van der Waals surface area contributed by atoms with Crippen molar-refractivity contribution in [1.82, 2.24) is 10.2 Å². The first-order valence-corrected chi connectivity index (χ1v) is 10.3. The summed E-state index contributed by atoms with van der Waals surface area (Å²) in [6, 6.07) is 11.4. The lowest BCUT2D eigenvalue weighted by Gasteiger charge is -2.11. The first-order valence-electron chi connectivity index (χ1n) is 8.67. The lowest BCUT2D eigenvalue weighted by atomic mass is 10.1. The zero-order valence-electron chi connectivity index (χ0n) is 15.4. The summed E-state index contributed by atoms with van der Waals surface area (Å²) in [5, 5.41) is 19.4. The van der Waals surface area contributed by atoms with E-state index in [4.69, 9.17) is 37.6 Å². The average molecular weight is 460 g/mol. The van der Waals surface area contributed by atoms with Crippen molar-refractivity contribution < 1.29 is 13.5 Å². The van der Waals surface area contributed by atoms with Gasteiger partial charge in [0.1, 0.15) is 5.75 Å². The Morgan fingerprint density at radius 3 is 2.77 bits per heavy atom. The zero-order chi connectivity index (χ0) is 21.3. The molecule has 4 rings (SSSR count). The van der Waals surface area contributed by atoms with Gasteiger partial charge >= 0.3 is 0 Å². The second kappa shape index (κ2) is 8.44. The molecule has 0 unspecified atom stereocenters. The van der Waals surface area contributed by atoms with Crippen LogP contribution in [-0.2, 0) is 6.42 Å². The zero-order valence-corrected chi connectivity index (χ0v) is 17.8. The van der Waals surface area contributed by atoms with Crippen molar-refractivity contribution in [1.29, 1.82) is 5.26 Å². The van der Waals surface area contributed by atoms with Crippen molar-refractivity contribution in [3.8, 4) is 28.3 Å². The molecule has 150 valence electrons. The lowest BCUT2D eigenvalue weighted by molar-refractivity contribution is 0.437. The number of benzene rings is 2. The first-order chi connectivity index (χ1) is 14.4. The third-order valence-corrected chi connectivity index (χ3v) is 5.73. The number of aromatic nitrogens is 2. The second-order valence-corrected chi connectivity index (χ2v) is 8.11. The maximum absolute atomic E-state index is 15.1. The van der Waals surface area contributed by atoms with Crippen molar-refractivity contribution >= 4 is 34.5 Å². The molecule has 0 bridgehead atoms. The highest BCUT2D eigenvalue weighted by molar-refractivity contribution is 7.13. The van der Waals surface area contributed by atoms with Gasteiger partial charge in [-0.2, -0.15) is 5.26 Å². The molecule has 9 heteroatoms. The third kappa shape index (κ3) is 4.17. The molecule has 0 saturated carbocycles. The monoisotopic (exact) mass is 459 g/mol. The van der Waals surface area contributed by atoms with Crippen LogP contribution in [0.25, 0.3) is 10.8 Å². The Bertz CT molecular complexity index is 1280. The predicted octanol–water partition coefficient (Wildman–Crippen LogP) is 6.81. The molecule has 0 N–H and O–H groups in total. The van der Waals surface area contributed by atoms with Crippen LogP contribution in [0.15, 0.2) is 46.2 Å². The van der Waals surface area contributed by atoms with E-state index >= 15 is 4.39 Å². The second-order valence-electron chi connectivity index (χ2n) is 6.35. The highest BCUT2D eigenvalue weighted by Gasteiger charge is 2.19. The van der Waals surface area contributed by atoms with Crippen LogP contribution >= 0.6 is 34.5 Å². The Balaban J connectivity index is 1.62. The smallest absolute Gasteiger partial charge is 0.258 e. The maximum atomic E-state index is 15.1. The molecule has 5 nitrogen and oxygen atoms in total. The minimum Gasteiger partial charge on any atom is -0.453 e. The topological polar surface area (TPSA) is 71.9 Å². The Kier molecular flexibility index (Phi) is 5.73. The van der Waals surface area contributed by atoms with E-state index in [1.807, 2.05) is 24.4 Å². The van der Waals surface area contributed by atoms with E-state index in [0.29, 0.717) is 10.9 Å². The largest absolute Gasteiger partial charge is 0.453 e. The van der Waals surface area contributed by atoms with Crippen LogP contribution in [0.5, 0.6) is 11.5 Å². The van der Waals surface area contributed by atoms with E-state index in [9.17, 15) is 0 Å². The van der Waals surface area contributed by atoms with E-state index < -0.39 is 5.82 Å². The molecule has 4 aromatic rings. The predicted molar refractivity (Wildman–Crippen MR) is 113 cm³/mol. The van der Waals surface area contributed by atoms with Gasteiger partial charge in [0, 0.05) is 10.6 Å². The van der Waals surface area contributed by atoms with Crippen LogP contribution < -0.4 is 4.74 Å². The minimum absolute atomic E-state index is 0.0653. The SMILES string of the molecule is Cc1ccsc1-c1nnc(Cc2ccc(Cl)c(Oc3cc(Cl)cc(C#N)c3)c2F)o1. The molecule has 0 radical (unpaired) electrons. The summed E-state index contributed by atoms with van der Waals surface area (Å²) in [6.07, 6.45) is 0.0653. The molecule has 30 heavy (non-hydrogen) atoms. The van der Waals surface area contributed by atoms with E-state index in [0.717, 1.165) is 10.4 Å². The van der Waals surface area contributed by atoms with Crippen LogP contribution in [-0.4, -0.2) is 10.2 Å². The number of hydrogen-bond donors (Lipinski definition) is 0. The number of nitriles is 1. The summed E-state index contributed by atoms with van der Waals surface area (Å²) in [4.78, 5) is 0.878. The molecule has 0 aliphatic heterocycles. The summed E-state index contributed by atoms with van der Waals surface area (Å²) >= 11 is 13.6. The van der Waals surface area contributed by atoms with Gasteiger partial charge in [0.25, 0.3) is 5.89 Å². The molecule has 0 spiro atoms. The normalized spacial score (nSPS) is 10.8. The van der Waals surface area contributed by atoms with Gasteiger partial charge in [0.05, 0.1) is 28.0 Å².